The van der Waals surface area contributed by atoms with Crippen molar-refractivity contribution in [1.29, 1.82) is 0 Å². The summed E-state index contributed by atoms with van der Waals surface area (Å²) in [6.45, 7) is 1.68. The maximum atomic E-state index is 13.8. The van der Waals surface area contributed by atoms with Crippen LogP contribution in [-0.2, 0) is 0 Å². The first kappa shape index (κ1) is 11.3. The summed E-state index contributed by atoms with van der Waals surface area (Å²) in [5, 5.41) is 7.53. The van der Waals surface area contributed by atoms with Crippen LogP contribution in [0.2, 0.25) is 10.3 Å². The minimum atomic E-state index is -0.325. The third kappa shape index (κ3) is 2.01. The standard InChI is InChI=1S/C11H7Cl2FN2/c1-6-3-2-4-7(10(6)14)8-5-9(12)15-16-11(8)13/h2-5H,1H3. The Kier molecular flexibility index (Phi) is 3.08. The van der Waals surface area contributed by atoms with Crippen LogP contribution < -0.4 is 0 Å². The highest BCUT2D eigenvalue weighted by molar-refractivity contribution is 6.33. The van der Waals surface area contributed by atoms with Crippen molar-refractivity contribution < 1.29 is 4.39 Å². The molecular weight excluding hydrogens is 250 g/mol. The van der Waals surface area contributed by atoms with E-state index in [0.29, 0.717) is 16.7 Å². The summed E-state index contributed by atoms with van der Waals surface area (Å²) in [5.74, 6) is -0.325. The van der Waals surface area contributed by atoms with Gasteiger partial charge in [-0.1, -0.05) is 41.4 Å². The van der Waals surface area contributed by atoms with Crippen LogP contribution in [0, 0.1) is 12.7 Å². The number of hydrogen-bond acceptors (Lipinski definition) is 2. The molecule has 0 saturated heterocycles. The van der Waals surface area contributed by atoms with E-state index in [1.54, 1.807) is 25.1 Å². The first-order valence-corrected chi connectivity index (χ1v) is 5.29. The average molecular weight is 257 g/mol. The van der Waals surface area contributed by atoms with Crippen LogP contribution in [-0.4, -0.2) is 10.2 Å². The van der Waals surface area contributed by atoms with E-state index in [0.717, 1.165) is 0 Å². The van der Waals surface area contributed by atoms with Gasteiger partial charge in [0.2, 0.25) is 0 Å². The Hall–Kier alpha value is -1.19. The molecule has 5 heteroatoms. The third-order valence-electron chi connectivity index (χ3n) is 2.20. The van der Waals surface area contributed by atoms with Gasteiger partial charge in [0.05, 0.1) is 0 Å². The average Bonchev–Trinajstić information content (AvgIpc) is 2.26. The highest BCUT2D eigenvalue weighted by atomic mass is 35.5. The summed E-state index contributed by atoms with van der Waals surface area (Å²) in [7, 11) is 0. The Morgan fingerprint density at radius 2 is 1.88 bits per heavy atom. The second kappa shape index (κ2) is 4.36. The lowest BCUT2D eigenvalue weighted by atomic mass is 10.0. The molecular formula is C11H7Cl2FN2. The number of aryl methyl sites for hydroxylation is 1. The van der Waals surface area contributed by atoms with Crippen LogP contribution in [0.5, 0.6) is 0 Å². The van der Waals surface area contributed by atoms with Gasteiger partial charge in [0.25, 0.3) is 0 Å². The fourth-order valence-electron chi connectivity index (χ4n) is 1.40. The number of nitrogens with zero attached hydrogens (tertiary/aromatic N) is 2. The Balaban J connectivity index is 2.67. The molecule has 0 aliphatic rings. The number of rotatable bonds is 1. The van der Waals surface area contributed by atoms with Gasteiger partial charge in [-0.25, -0.2) is 4.39 Å². The van der Waals surface area contributed by atoms with Crippen molar-refractivity contribution in [2.45, 2.75) is 6.92 Å². The van der Waals surface area contributed by atoms with Crippen molar-refractivity contribution in [1.82, 2.24) is 10.2 Å². The molecule has 0 radical (unpaired) electrons. The summed E-state index contributed by atoms with van der Waals surface area (Å²) >= 11 is 11.6. The number of aromatic nitrogens is 2. The molecule has 0 spiro atoms. The van der Waals surface area contributed by atoms with Crippen molar-refractivity contribution in [2.24, 2.45) is 0 Å². The molecule has 16 heavy (non-hydrogen) atoms. The Morgan fingerprint density at radius 3 is 2.62 bits per heavy atom. The van der Waals surface area contributed by atoms with Crippen molar-refractivity contribution in [2.75, 3.05) is 0 Å². The molecule has 2 rings (SSSR count). The molecule has 0 bridgehead atoms. The minimum Gasteiger partial charge on any atom is -0.206 e. The third-order valence-corrected chi connectivity index (χ3v) is 2.66. The van der Waals surface area contributed by atoms with Gasteiger partial charge in [0.1, 0.15) is 5.82 Å². The summed E-state index contributed by atoms with van der Waals surface area (Å²) in [4.78, 5) is 0. The lowest BCUT2D eigenvalue weighted by molar-refractivity contribution is 0.622. The van der Waals surface area contributed by atoms with Gasteiger partial charge in [-0.3, -0.25) is 0 Å². The Bertz CT molecular complexity index is 544. The molecule has 0 N–H and O–H groups in total. The molecule has 1 aromatic heterocycles. The minimum absolute atomic E-state index is 0.133. The van der Waals surface area contributed by atoms with E-state index in [9.17, 15) is 4.39 Å². The largest absolute Gasteiger partial charge is 0.206 e. The van der Waals surface area contributed by atoms with E-state index >= 15 is 0 Å². The number of benzene rings is 1. The van der Waals surface area contributed by atoms with Crippen LogP contribution in [0.3, 0.4) is 0 Å². The normalized spacial score (nSPS) is 10.5. The molecule has 0 fully saturated rings. The summed E-state index contributed by atoms with van der Waals surface area (Å²) in [6.07, 6.45) is 0. The van der Waals surface area contributed by atoms with E-state index in [1.165, 1.54) is 6.07 Å². The lowest BCUT2D eigenvalue weighted by Gasteiger charge is -2.06. The summed E-state index contributed by atoms with van der Waals surface area (Å²) < 4.78 is 13.8. The monoisotopic (exact) mass is 256 g/mol. The molecule has 1 heterocycles. The second-order valence-electron chi connectivity index (χ2n) is 3.31. The maximum absolute atomic E-state index is 13.8. The van der Waals surface area contributed by atoms with Crippen LogP contribution in [0.25, 0.3) is 11.1 Å². The molecule has 0 aliphatic heterocycles. The summed E-state index contributed by atoms with van der Waals surface area (Å²) in [6, 6.07) is 6.55. The quantitative estimate of drug-likeness (QED) is 0.774. The lowest BCUT2D eigenvalue weighted by Crippen LogP contribution is -1.92. The van der Waals surface area contributed by atoms with Gasteiger partial charge in [0, 0.05) is 11.1 Å². The highest BCUT2D eigenvalue weighted by Crippen LogP contribution is 2.30. The summed E-state index contributed by atoms with van der Waals surface area (Å²) in [5.41, 5.74) is 1.37. The van der Waals surface area contributed by atoms with Crippen LogP contribution in [0.4, 0.5) is 4.39 Å². The molecule has 82 valence electrons. The predicted octanol–water partition coefficient (Wildman–Crippen LogP) is 3.90. The molecule has 0 aliphatic carbocycles. The molecule has 1 aromatic carbocycles. The fourth-order valence-corrected chi connectivity index (χ4v) is 1.74. The van der Waals surface area contributed by atoms with E-state index in [-0.39, 0.29) is 16.1 Å². The first-order chi connectivity index (χ1) is 7.59. The van der Waals surface area contributed by atoms with Crippen molar-refractivity contribution in [3.8, 4) is 11.1 Å². The van der Waals surface area contributed by atoms with Gasteiger partial charge >= 0.3 is 0 Å². The zero-order chi connectivity index (χ0) is 11.7. The van der Waals surface area contributed by atoms with Gasteiger partial charge in [0.15, 0.2) is 10.3 Å². The highest BCUT2D eigenvalue weighted by Gasteiger charge is 2.12. The van der Waals surface area contributed by atoms with Crippen LogP contribution in [0.1, 0.15) is 5.56 Å². The van der Waals surface area contributed by atoms with Crippen LogP contribution in [0.15, 0.2) is 24.3 Å². The maximum Gasteiger partial charge on any atom is 0.159 e. The van der Waals surface area contributed by atoms with Gasteiger partial charge in [-0.2, -0.15) is 0 Å². The first-order valence-electron chi connectivity index (χ1n) is 4.54. The molecule has 2 aromatic rings. The van der Waals surface area contributed by atoms with Crippen LogP contribution >= 0.6 is 23.2 Å². The zero-order valence-corrected chi connectivity index (χ0v) is 9.85. The molecule has 0 unspecified atom stereocenters. The molecule has 2 nitrogen and oxygen atoms in total. The Labute approximate surface area is 102 Å². The van der Waals surface area contributed by atoms with E-state index in [1.807, 2.05) is 0 Å². The zero-order valence-electron chi connectivity index (χ0n) is 8.34. The second-order valence-corrected chi connectivity index (χ2v) is 4.05. The number of hydrogen-bond donors (Lipinski definition) is 0. The van der Waals surface area contributed by atoms with E-state index in [4.69, 9.17) is 23.2 Å². The Morgan fingerprint density at radius 1 is 1.12 bits per heavy atom. The fraction of sp³-hybridized carbons (Fsp3) is 0.0909. The number of halogens is 3. The van der Waals surface area contributed by atoms with Gasteiger partial charge in [-0.05, 0) is 18.6 Å². The van der Waals surface area contributed by atoms with Gasteiger partial charge < -0.3 is 0 Å². The smallest absolute Gasteiger partial charge is 0.159 e. The van der Waals surface area contributed by atoms with Crippen molar-refractivity contribution in [3.05, 3.63) is 46.0 Å². The van der Waals surface area contributed by atoms with E-state index < -0.39 is 0 Å². The van der Waals surface area contributed by atoms with E-state index in [2.05, 4.69) is 10.2 Å². The van der Waals surface area contributed by atoms with Gasteiger partial charge in [-0.15, -0.1) is 10.2 Å². The molecule has 0 atom stereocenters. The predicted molar refractivity (Wildman–Crippen MR) is 62.2 cm³/mol. The topological polar surface area (TPSA) is 25.8 Å². The van der Waals surface area contributed by atoms with Crippen molar-refractivity contribution >= 4 is 23.2 Å². The molecule has 0 saturated carbocycles. The molecule has 0 amide bonds. The van der Waals surface area contributed by atoms with Crippen molar-refractivity contribution in [3.63, 3.8) is 0 Å². The SMILES string of the molecule is Cc1cccc(-c2cc(Cl)nnc2Cl)c1F.